The van der Waals surface area contributed by atoms with Gasteiger partial charge in [0.15, 0.2) is 0 Å². The maximum atomic E-state index is 12.3. The van der Waals surface area contributed by atoms with Crippen molar-refractivity contribution in [1.82, 2.24) is 0 Å². The highest BCUT2D eigenvalue weighted by Gasteiger charge is 2.14. The van der Waals surface area contributed by atoms with Crippen molar-refractivity contribution in [3.63, 3.8) is 0 Å². The van der Waals surface area contributed by atoms with Gasteiger partial charge in [-0.1, -0.05) is 18.2 Å². The van der Waals surface area contributed by atoms with Crippen molar-refractivity contribution in [2.75, 3.05) is 23.9 Å². The molecule has 25 heavy (non-hydrogen) atoms. The van der Waals surface area contributed by atoms with Gasteiger partial charge in [-0.15, -0.1) is 0 Å². The summed E-state index contributed by atoms with van der Waals surface area (Å²) in [5.41, 5.74) is 3.53. The normalized spacial score (nSPS) is 10.2. The molecule has 0 fully saturated rings. The van der Waals surface area contributed by atoms with Crippen LogP contribution in [0.5, 0.6) is 5.75 Å². The number of ether oxygens (including phenoxy) is 1. The maximum Gasteiger partial charge on any atom is 0.226 e. The summed E-state index contributed by atoms with van der Waals surface area (Å²) in [6.45, 7) is 5.74. The third kappa shape index (κ3) is 5.08. The van der Waals surface area contributed by atoms with Crippen LogP contribution in [-0.4, -0.2) is 25.5 Å². The van der Waals surface area contributed by atoms with E-state index in [2.05, 4.69) is 5.32 Å². The van der Waals surface area contributed by atoms with Crippen LogP contribution in [0.3, 0.4) is 0 Å². The number of carbonyl (C=O) groups excluding carboxylic acids is 2. The summed E-state index contributed by atoms with van der Waals surface area (Å²) in [5, 5.41) is 2.86. The van der Waals surface area contributed by atoms with Crippen LogP contribution < -0.4 is 15.0 Å². The number of anilines is 2. The molecule has 0 aliphatic rings. The fourth-order valence-corrected chi connectivity index (χ4v) is 2.61. The van der Waals surface area contributed by atoms with Crippen molar-refractivity contribution in [2.45, 2.75) is 27.2 Å². The Morgan fingerprint density at radius 3 is 2.44 bits per heavy atom. The molecule has 2 aromatic carbocycles. The molecule has 0 unspecified atom stereocenters. The van der Waals surface area contributed by atoms with E-state index < -0.39 is 0 Å². The minimum absolute atomic E-state index is 0.0912. The molecule has 0 radical (unpaired) electrons. The molecule has 0 saturated heterocycles. The number of rotatable bonds is 6. The summed E-state index contributed by atoms with van der Waals surface area (Å²) < 4.78 is 5.27. The average Bonchev–Trinajstić information content (AvgIpc) is 2.55. The standard InChI is InChI=1S/C20H24N2O3/c1-14-6-5-7-17(12-14)22(16(3)23)11-10-20(24)21-18-13-15(2)8-9-19(18)25-4/h5-9,12-13H,10-11H2,1-4H3,(H,21,24). The van der Waals surface area contributed by atoms with Gasteiger partial charge in [0.05, 0.1) is 12.8 Å². The number of hydrogen-bond donors (Lipinski definition) is 1. The van der Waals surface area contributed by atoms with E-state index in [-0.39, 0.29) is 18.2 Å². The second kappa shape index (κ2) is 8.33. The molecule has 132 valence electrons. The smallest absolute Gasteiger partial charge is 0.226 e. The third-order valence-corrected chi connectivity index (χ3v) is 3.88. The molecule has 0 aliphatic heterocycles. The Bertz CT molecular complexity index is 771. The third-order valence-electron chi connectivity index (χ3n) is 3.88. The van der Waals surface area contributed by atoms with Gasteiger partial charge in [-0.25, -0.2) is 0 Å². The van der Waals surface area contributed by atoms with E-state index in [0.717, 1.165) is 16.8 Å². The number of nitrogens with zero attached hydrogens (tertiary/aromatic N) is 1. The molecule has 0 heterocycles. The van der Waals surface area contributed by atoms with Gasteiger partial charge in [-0.2, -0.15) is 0 Å². The zero-order valence-electron chi connectivity index (χ0n) is 15.1. The van der Waals surface area contributed by atoms with Crippen LogP contribution in [0.2, 0.25) is 0 Å². The summed E-state index contributed by atoms with van der Waals surface area (Å²) >= 11 is 0. The Morgan fingerprint density at radius 1 is 1.08 bits per heavy atom. The number of benzene rings is 2. The summed E-state index contributed by atoms with van der Waals surface area (Å²) in [4.78, 5) is 25.9. The topological polar surface area (TPSA) is 58.6 Å². The van der Waals surface area contributed by atoms with Crippen LogP contribution >= 0.6 is 0 Å². The molecular weight excluding hydrogens is 316 g/mol. The fourth-order valence-electron chi connectivity index (χ4n) is 2.61. The van der Waals surface area contributed by atoms with Crippen molar-refractivity contribution >= 4 is 23.2 Å². The highest BCUT2D eigenvalue weighted by Crippen LogP contribution is 2.25. The van der Waals surface area contributed by atoms with Crippen LogP contribution in [0.15, 0.2) is 42.5 Å². The molecule has 0 spiro atoms. The monoisotopic (exact) mass is 340 g/mol. The molecule has 2 amide bonds. The molecule has 0 aromatic heterocycles. The van der Waals surface area contributed by atoms with Crippen molar-refractivity contribution in [3.05, 3.63) is 53.6 Å². The van der Waals surface area contributed by atoms with Gasteiger partial charge in [-0.05, 0) is 49.2 Å². The van der Waals surface area contributed by atoms with E-state index in [1.807, 2.05) is 56.3 Å². The second-order valence-electron chi connectivity index (χ2n) is 6.01. The van der Waals surface area contributed by atoms with Gasteiger partial charge in [0.2, 0.25) is 11.8 Å². The average molecular weight is 340 g/mol. The maximum absolute atomic E-state index is 12.3. The Kier molecular flexibility index (Phi) is 6.17. The molecular formula is C20H24N2O3. The predicted molar refractivity (Wildman–Crippen MR) is 100 cm³/mol. The molecule has 2 aromatic rings. The quantitative estimate of drug-likeness (QED) is 0.872. The Labute approximate surface area is 148 Å². The van der Waals surface area contributed by atoms with Gasteiger partial charge < -0.3 is 15.0 Å². The van der Waals surface area contributed by atoms with Crippen LogP contribution in [0, 0.1) is 13.8 Å². The number of amides is 2. The van der Waals surface area contributed by atoms with Crippen molar-refractivity contribution in [2.24, 2.45) is 0 Å². The Balaban J connectivity index is 2.05. The Morgan fingerprint density at radius 2 is 1.80 bits per heavy atom. The van der Waals surface area contributed by atoms with Crippen LogP contribution in [0.4, 0.5) is 11.4 Å². The van der Waals surface area contributed by atoms with E-state index >= 15 is 0 Å². The first-order valence-corrected chi connectivity index (χ1v) is 8.20. The van der Waals surface area contributed by atoms with E-state index in [9.17, 15) is 9.59 Å². The number of nitrogens with one attached hydrogen (secondary N) is 1. The van der Waals surface area contributed by atoms with Crippen LogP contribution in [0.25, 0.3) is 0 Å². The zero-order valence-corrected chi connectivity index (χ0v) is 15.1. The lowest BCUT2D eigenvalue weighted by Crippen LogP contribution is -2.32. The van der Waals surface area contributed by atoms with E-state index in [1.165, 1.54) is 6.92 Å². The molecule has 0 aliphatic carbocycles. The minimum atomic E-state index is -0.164. The summed E-state index contributed by atoms with van der Waals surface area (Å²) in [7, 11) is 1.57. The highest BCUT2D eigenvalue weighted by atomic mass is 16.5. The Hall–Kier alpha value is -2.82. The summed E-state index contributed by atoms with van der Waals surface area (Å²) in [6.07, 6.45) is 0.199. The van der Waals surface area contributed by atoms with Crippen molar-refractivity contribution in [1.29, 1.82) is 0 Å². The lowest BCUT2D eigenvalue weighted by atomic mass is 10.2. The van der Waals surface area contributed by atoms with Crippen LogP contribution in [-0.2, 0) is 9.59 Å². The van der Waals surface area contributed by atoms with Gasteiger partial charge in [0, 0.05) is 25.6 Å². The van der Waals surface area contributed by atoms with Gasteiger partial charge in [-0.3, -0.25) is 9.59 Å². The number of hydrogen-bond acceptors (Lipinski definition) is 3. The zero-order chi connectivity index (χ0) is 18.4. The number of carbonyl (C=O) groups is 2. The highest BCUT2D eigenvalue weighted by molar-refractivity contribution is 5.95. The molecule has 0 bridgehead atoms. The SMILES string of the molecule is COc1ccc(C)cc1NC(=O)CCN(C(C)=O)c1cccc(C)c1. The fraction of sp³-hybridized carbons (Fsp3) is 0.300. The molecule has 2 rings (SSSR count). The van der Waals surface area contributed by atoms with E-state index in [0.29, 0.717) is 18.0 Å². The molecule has 1 N–H and O–H groups in total. The molecule has 5 heteroatoms. The summed E-state index contributed by atoms with van der Waals surface area (Å²) in [5.74, 6) is 0.357. The lowest BCUT2D eigenvalue weighted by Gasteiger charge is -2.21. The van der Waals surface area contributed by atoms with E-state index in [1.54, 1.807) is 12.0 Å². The summed E-state index contributed by atoms with van der Waals surface area (Å²) in [6, 6.07) is 13.3. The number of methoxy groups -OCH3 is 1. The first-order valence-electron chi connectivity index (χ1n) is 8.20. The van der Waals surface area contributed by atoms with Crippen molar-refractivity contribution in [3.8, 4) is 5.75 Å². The van der Waals surface area contributed by atoms with Crippen LogP contribution in [0.1, 0.15) is 24.5 Å². The van der Waals surface area contributed by atoms with E-state index in [4.69, 9.17) is 4.74 Å². The van der Waals surface area contributed by atoms with Crippen molar-refractivity contribution < 1.29 is 14.3 Å². The minimum Gasteiger partial charge on any atom is -0.495 e. The first-order chi connectivity index (χ1) is 11.9. The van der Waals surface area contributed by atoms with Gasteiger partial charge >= 0.3 is 0 Å². The molecule has 5 nitrogen and oxygen atoms in total. The predicted octanol–water partition coefficient (Wildman–Crippen LogP) is 3.69. The molecule has 0 saturated carbocycles. The van der Waals surface area contributed by atoms with Gasteiger partial charge in [0.25, 0.3) is 0 Å². The number of aryl methyl sites for hydroxylation is 2. The largest absolute Gasteiger partial charge is 0.495 e. The first kappa shape index (κ1) is 18.5. The lowest BCUT2D eigenvalue weighted by molar-refractivity contribution is -0.117. The van der Waals surface area contributed by atoms with Gasteiger partial charge in [0.1, 0.15) is 5.75 Å². The second-order valence-corrected chi connectivity index (χ2v) is 6.01. The molecule has 0 atom stereocenters.